The smallest absolute Gasteiger partial charge is 0.0672 e. The van der Waals surface area contributed by atoms with Crippen molar-refractivity contribution in [2.75, 3.05) is 0 Å². The van der Waals surface area contributed by atoms with E-state index in [1.807, 2.05) is 11.7 Å². The van der Waals surface area contributed by atoms with Crippen molar-refractivity contribution in [2.45, 2.75) is 51.5 Å². The summed E-state index contributed by atoms with van der Waals surface area (Å²) in [6.07, 6.45) is 11.6. The topological polar surface area (TPSA) is 43.8 Å². The molecule has 0 saturated heterocycles. The second kappa shape index (κ2) is 5.50. The molecule has 0 spiro atoms. The molecule has 0 saturated carbocycles. The molecule has 1 atom stereocenters. The summed E-state index contributed by atoms with van der Waals surface area (Å²) in [5.74, 6) is 0. The minimum absolute atomic E-state index is 0.0525. The molecular formula is C14H23N3. The van der Waals surface area contributed by atoms with Crippen LogP contribution in [-0.4, -0.2) is 9.78 Å². The number of nitrogens with two attached hydrogens (primary N) is 1. The van der Waals surface area contributed by atoms with Crippen LogP contribution in [0.2, 0.25) is 0 Å². The van der Waals surface area contributed by atoms with Gasteiger partial charge in [-0.05, 0) is 32.1 Å². The van der Waals surface area contributed by atoms with E-state index in [9.17, 15) is 0 Å². The van der Waals surface area contributed by atoms with Gasteiger partial charge in [0.05, 0.1) is 11.7 Å². The first-order valence-electron chi connectivity index (χ1n) is 6.69. The van der Waals surface area contributed by atoms with Gasteiger partial charge in [0.2, 0.25) is 0 Å². The van der Waals surface area contributed by atoms with Crippen LogP contribution in [0.15, 0.2) is 17.8 Å². The monoisotopic (exact) mass is 233 g/mol. The van der Waals surface area contributed by atoms with Crippen molar-refractivity contribution in [3.8, 4) is 0 Å². The first-order valence-corrected chi connectivity index (χ1v) is 6.69. The zero-order valence-electron chi connectivity index (χ0n) is 10.9. The van der Waals surface area contributed by atoms with Gasteiger partial charge in [-0.3, -0.25) is 4.68 Å². The molecule has 0 fully saturated rings. The average molecular weight is 233 g/mol. The van der Waals surface area contributed by atoms with Crippen molar-refractivity contribution in [2.24, 2.45) is 12.8 Å². The van der Waals surface area contributed by atoms with Crippen molar-refractivity contribution in [3.63, 3.8) is 0 Å². The lowest BCUT2D eigenvalue weighted by atomic mass is 9.96. The van der Waals surface area contributed by atoms with Gasteiger partial charge in [0.25, 0.3) is 0 Å². The van der Waals surface area contributed by atoms with Gasteiger partial charge >= 0.3 is 0 Å². The summed E-state index contributed by atoms with van der Waals surface area (Å²) >= 11 is 0. The molecule has 3 nitrogen and oxygen atoms in total. The van der Waals surface area contributed by atoms with Crippen molar-refractivity contribution in [1.29, 1.82) is 0 Å². The molecule has 1 unspecified atom stereocenters. The maximum Gasteiger partial charge on any atom is 0.0672 e. The van der Waals surface area contributed by atoms with E-state index >= 15 is 0 Å². The Labute approximate surface area is 104 Å². The first kappa shape index (κ1) is 12.4. The fourth-order valence-corrected chi connectivity index (χ4v) is 2.61. The van der Waals surface area contributed by atoms with Crippen molar-refractivity contribution in [3.05, 3.63) is 29.1 Å². The molecule has 0 aromatic carbocycles. The van der Waals surface area contributed by atoms with E-state index < -0.39 is 0 Å². The van der Waals surface area contributed by atoms with Crippen molar-refractivity contribution < 1.29 is 0 Å². The molecule has 1 aliphatic carbocycles. The number of allylic oxidation sites excluding steroid dienone is 1. The molecule has 0 bridgehead atoms. The highest BCUT2D eigenvalue weighted by atomic mass is 15.3. The zero-order chi connectivity index (χ0) is 12.3. The summed E-state index contributed by atoms with van der Waals surface area (Å²) in [4.78, 5) is 0. The fourth-order valence-electron chi connectivity index (χ4n) is 2.61. The predicted octanol–water partition coefficient (Wildman–Crippen LogP) is 2.87. The molecule has 1 aromatic rings. The highest BCUT2D eigenvalue weighted by Crippen LogP contribution is 2.28. The van der Waals surface area contributed by atoms with Gasteiger partial charge in [0.1, 0.15) is 0 Å². The minimum Gasteiger partial charge on any atom is -0.320 e. The summed E-state index contributed by atoms with van der Waals surface area (Å²) in [5, 5.41) is 4.48. The summed E-state index contributed by atoms with van der Waals surface area (Å²) in [6.45, 7) is 2.14. The van der Waals surface area contributed by atoms with Crippen molar-refractivity contribution >= 4 is 0 Å². The van der Waals surface area contributed by atoms with E-state index in [0.717, 1.165) is 18.5 Å². The van der Waals surface area contributed by atoms with Crippen LogP contribution in [0.1, 0.15) is 56.3 Å². The van der Waals surface area contributed by atoms with Gasteiger partial charge in [-0.25, -0.2) is 0 Å². The quantitative estimate of drug-likeness (QED) is 0.816. The Morgan fingerprint density at radius 3 is 3.00 bits per heavy atom. The van der Waals surface area contributed by atoms with E-state index in [-0.39, 0.29) is 6.04 Å². The summed E-state index contributed by atoms with van der Waals surface area (Å²) in [7, 11) is 1.97. The molecule has 2 rings (SSSR count). The molecular weight excluding hydrogens is 210 g/mol. The largest absolute Gasteiger partial charge is 0.320 e. The first-order chi connectivity index (χ1) is 8.22. The molecule has 0 radical (unpaired) electrons. The molecule has 1 aromatic heterocycles. The number of aryl methyl sites for hydroxylation is 2. The van der Waals surface area contributed by atoms with Crippen LogP contribution in [0.3, 0.4) is 0 Å². The fraction of sp³-hybridized carbons (Fsp3) is 0.643. The van der Waals surface area contributed by atoms with E-state index in [1.54, 1.807) is 0 Å². The number of aromatic nitrogens is 2. The van der Waals surface area contributed by atoms with Crippen LogP contribution in [0.5, 0.6) is 0 Å². The molecule has 2 N–H and O–H groups in total. The Morgan fingerprint density at radius 2 is 2.24 bits per heavy atom. The third-order valence-electron chi connectivity index (χ3n) is 3.58. The minimum atomic E-state index is 0.0525. The van der Waals surface area contributed by atoms with E-state index in [2.05, 4.69) is 24.3 Å². The highest BCUT2D eigenvalue weighted by Gasteiger charge is 2.18. The van der Waals surface area contributed by atoms with Crippen molar-refractivity contribution in [1.82, 2.24) is 9.78 Å². The molecule has 1 aliphatic rings. The van der Waals surface area contributed by atoms with Gasteiger partial charge < -0.3 is 5.73 Å². The lowest BCUT2D eigenvalue weighted by molar-refractivity contribution is 0.686. The SMILES string of the molecule is CCc1nn(C)cc1C(N)C1=CCCCCC1. The van der Waals surface area contributed by atoms with Gasteiger partial charge in [0.15, 0.2) is 0 Å². The van der Waals surface area contributed by atoms with Gasteiger partial charge in [-0.2, -0.15) is 5.10 Å². The lowest BCUT2D eigenvalue weighted by Gasteiger charge is -2.15. The van der Waals surface area contributed by atoms with Gasteiger partial charge in [-0.1, -0.05) is 25.0 Å². The van der Waals surface area contributed by atoms with Crippen LogP contribution in [-0.2, 0) is 13.5 Å². The highest BCUT2D eigenvalue weighted by molar-refractivity contribution is 5.30. The maximum atomic E-state index is 6.41. The Kier molecular flexibility index (Phi) is 4.00. The Balaban J connectivity index is 2.22. The van der Waals surface area contributed by atoms with Crippen LogP contribution in [0, 0.1) is 0 Å². The number of nitrogens with zero attached hydrogens (tertiary/aromatic N) is 2. The van der Waals surface area contributed by atoms with Crippen LogP contribution in [0.25, 0.3) is 0 Å². The second-order valence-electron chi connectivity index (χ2n) is 4.91. The van der Waals surface area contributed by atoms with E-state index in [1.165, 1.54) is 36.8 Å². The summed E-state index contributed by atoms with van der Waals surface area (Å²) < 4.78 is 1.88. The Hall–Kier alpha value is -1.09. The molecule has 0 aliphatic heterocycles. The van der Waals surface area contributed by atoms with E-state index in [4.69, 9.17) is 5.73 Å². The Morgan fingerprint density at radius 1 is 1.41 bits per heavy atom. The van der Waals surface area contributed by atoms with Crippen LogP contribution >= 0.6 is 0 Å². The number of rotatable bonds is 3. The second-order valence-corrected chi connectivity index (χ2v) is 4.91. The molecule has 0 amide bonds. The summed E-state index contributed by atoms with van der Waals surface area (Å²) in [5.41, 5.74) is 10.2. The Bertz CT molecular complexity index is 404. The normalized spacial score (nSPS) is 18.6. The molecule has 94 valence electrons. The third-order valence-corrected chi connectivity index (χ3v) is 3.58. The lowest BCUT2D eigenvalue weighted by Crippen LogP contribution is -2.14. The molecule has 1 heterocycles. The van der Waals surface area contributed by atoms with E-state index in [0.29, 0.717) is 0 Å². The number of hydrogen-bond donors (Lipinski definition) is 1. The molecule has 3 heteroatoms. The summed E-state index contributed by atoms with van der Waals surface area (Å²) in [6, 6.07) is 0.0525. The number of hydrogen-bond acceptors (Lipinski definition) is 2. The average Bonchev–Trinajstić information content (AvgIpc) is 2.55. The van der Waals surface area contributed by atoms with Gasteiger partial charge in [-0.15, -0.1) is 0 Å². The zero-order valence-corrected chi connectivity index (χ0v) is 10.9. The van der Waals surface area contributed by atoms with Gasteiger partial charge in [0, 0.05) is 18.8 Å². The predicted molar refractivity (Wildman–Crippen MR) is 70.7 cm³/mol. The third kappa shape index (κ3) is 2.78. The molecule has 17 heavy (non-hydrogen) atoms. The van der Waals surface area contributed by atoms with Crippen LogP contribution < -0.4 is 5.73 Å². The van der Waals surface area contributed by atoms with Crippen LogP contribution in [0.4, 0.5) is 0 Å². The standard InChI is InChI=1S/C14H23N3/c1-3-13-12(10-17(2)16-13)14(15)11-8-6-4-5-7-9-11/h8,10,14H,3-7,9,15H2,1-2H3. The maximum absolute atomic E-state index is 6.41.